The topological polar surface area (TPSA) is 22.0 Å². The van der Waals surface area contributed by atoms with Crippen LogP contribution in [0.3, 0.4) is 0 Å². The molecule has 0 radical (unpaired) electrons. The average molecular weight is 334 g/mol. The molecule has 0 amide bonds. The number of thiazole rings is 1. The maximum absolute atomic E-state index is 11.7. The summed E-state index contributed by atoms with van der Waals surface area (Å²) in [5.41, 5.74) is 1.15. The molecule has 1 heterocycles. The number of rotatable bonds is 9. The zero-order valence-corrected chi connectivity index (χ0v) is 13.9. The van der Waals surface area contributed by atoms with Crippen molar-refractivity contribution in [2.75, 3.05) is 5.33 Å². The van der Waals surface area contributed by atoms with Crippen molar-refractivity contribution in [2.24, 2.45) is 0 Å². The van der Waals surface area contributed by atoms with E-state index in [0.29, 0.717) is 0 Å². The van der Waals surface area contributed by atoms with Crippen molar-refractivity contribution in [3.05, 3.63) is 20.2 Å². The van der Waals surface area contributed by atoms with E-state index in [-0.39, 0.29) is 4.87 Å². The molecule has 0 aliphatic heterocycles. The van der Waals surface area contributed by atoms with Crippen LogP contribution in [-0.2, 0) is 6.54 Å². The minimum absolute atomic E-state index is 0.210. The summed E-state index contributed by atoms with van der Waals surface area (Å²) >= 11 is 4.83. The molecule has 104 valence electrons. The third-order valence-electron chi connectivity index (χ3n) is 3.39. The first-order chi connectivity index (χ1) is 8.66. The lowest BCUT2D eigenvalue weighted by Crippen LogP contribution is -2.14. The summed E-state index contributed by atoms with van der Waals surface area (Å²) in [6.07, 6.45) is 9.01. The number of aryl methyl sites for hydroxylation is 1. The Bertz CT molecular complexity index is 397. The summed E-state index contributed by atoms with van der Waals surface area (Å²) in [5.74, 6) is 0. The number of unbranched alkanes of at least 4 members (excludes halogenated alkanes) is 6. The largest absolute Gasteiger partial charge is 0.307 e. The van der Waals surface area contributed by atoms with Crippen molar-refractivity contribution in [3.8, 4) is 0 Å². The Morgan fingerprint density at radius 2 is 1.56 bits per heavy atom. The second-order valence-corrected chi connectivity index (χ2v) is 6.78. The van der Waals surface area contributed by atoms with Gasteiger partial charge in [0.05, 0.1) is 0 Å². The van der Waals surface area contributed by atoms with Gasteiger partial charge in [-0.05, 0) is 26.7 Å². The van der Waals surface area contributed by atoms with Crippen LogP contribution in [0.15, 0.2) is 4.79 Å². The van der Waals surface area contributed by atoms with Crippen molar-refractivity contribution < 1.29 is 0 Å². The molecule has 18 heavy (non-hydrogen) atoms. The van der Waals surface area contributed by atoms with E-state index in [2.05, 4.69) is 15.9 Å². The number of alkyl halides is 1. The van der Waals surface area contributed by atoms with E-state index >= 15 is 0 Å². The Morgan fingerprint density at radius 3 is 2.06 bits per heavy atom. The SMILES string of the molecule is Cc1sc(=O)n(CCCCCCCCCBr)c1C. The second kappa shape index (κ2) is 8.92. The molecule has 1 rings (SSSR count). The van der Waals surface area contributed by atoms with Crippen molar-refractivity contribution in [1.29, 1.82) is 0 Å². The van der Waals surface area contributed by atoms with E-state index in [9.17, 15) is 4.79 Å². The molecule has 0 bridgehead atoms. The molecule has 0 aliphatic rings. The Labute approximate surface area is 123 Å². The number of hydrogen-bond donors (Lipinski definition) is 0. The van der Waals surface area contributed by atoms with Crippen molar-refractivity contribution >= 4 is 27.3 Å². The van der Waals surface area contributed by atoms with Gasteiger partial charge in [0.1, 0.15) is 0 Å². The van der Waals surface area contributed by atoms with Gasteiger partial charge >= 0.3 is 4.87 Å². The van der Waals surface area contributed by atoms with Gasteiger partial charge in [-0.1, -0.05) is 59.4 Å². The zero-order valence-electron chi connectivity index (χ0n) is 11.5. The molecule has 4 heteroatoms. The van der Waals surface area contributed by atoms with E-state index < -0.39 is 0 Å². The van der Waals surface area contributed by atoms with E-state index in [0.717, 1.165) is 28.9 Å². The van der Waals surface area contributed by atoms with Gasteiger partial charge in [0, 0.05) is 22.4 Å². The first kappa shape index (κ1) is 16.0. The lowest BCUT2D eigenvalue weighted by molar-refractivity contribution is 0.542. The molecule has 2 nitrogen and oxygen atoms in total. The summed E-state index contributed by atoms with van der Waals surface area (Å²) in [4.78, 5) is 13.0. The maximum atomic E-state index is 11.7. The van der Waals surface area contributed by atoms with Crippen LogP contribution in [-0.4, -0.2) is 9.90 Å². The summed E-state index contributed by atoms with van der Waals surface area (Å²) < 4.78 is 1.94. The van der Waals surface area contributed by atoms with Crippen LogP contribution in [0, 0.1) is 13.8 Å². The molecule has 1 aromatic heterocycles. The number of halogens is 1. The molecule has 0 saturated heterocycles. The summed E-state index contributed by atoms with van der Waals surface area (Å²) in [7, 11) is 0. The predicted molar refractivity (Wildman–Crippen MR) is 84.2 cm³/mol. The second-order valence-electron chi connectivity index (χ2n) is 4.83. The van der Waals surface area contributed by atoms with Crippen LogP contribution < -0.4 is 4.87 Å². The van der Waals surface area contributed by atoms with Gasteiger partial charge in [0.25, 0.3) is 0 Å². The van der Waals surface area contributed by atoms with Gasteiger partial charge in [-0.3, -0.25) is 4.79 Å². The molecule has 0 unspecified atom stereocenters. The standard InChI is InChI=1S/C14H24BrNOS/c1-12-13(2)18-14(17)16(12)11-9-7-5-3-4-6-8-10-15/h3-11H2,1-2H3. The van der Waals surface area contributed by atoms with Gasteiger partial charge in [-0.15, -0.1) is 0 Å². The molecular weight excluding hydrogens is 310 g/mol. The quantitative estimate of drug-likeness (QED) is 0.476. The normalized spacial score (nSPS) is 11.1. The van der Waals surface area contributed by atoms with Gasteiger partial charge < -0.3 is 4.57 Å². The van der Waals surface area contributed by atoms with Crippen molar-refractivity contribution in [3.63, 3.8) is 0 Å². The molecule has 0 fully saturated rings. The first-order valence-electron chi connectivity index (χ1n) is 6.89. The lowest BCUT2D eigenvalue weighted by Gasteiger charge is -2.05. The molecule has 0 N–H and O–H groups in total. The van der Waals surface area contributed by atoms with Gasteiger partial charge in [-0.25, -0.2) is 0 Å². The summed E-state index contributed by atoms with van der Waals surface area (Å²) in [6, 6.07) is 0. The highest BCUT2D eigenvalue weighted by atomic mass is 79.9. The highest BCUT2D eigenvalue weighted by molar-refractivity contribution is 9.09. The van der Waals surface area contributed by atoms with Crippen LogP contribution in [0.4, 0.5) is 0 Å². The van der Waals surface area contributed by atoms with E-state index in [1.165, 1.54) is 49.9 Å². The molecule has 0 saturated carbocycles. The summed E-state index contributed by atoms with van der Waals surface area (Å²) in [5, 5.41) is 1.13. The van der Waals surface area contributed by atoms with Gasteiger partial charge in [-0.2, -0.15) is 0 Å². The zero-order chi connectivity index (χ0) is 13.4. The lowest BCUT2D eigenvalue weighted by atomic mass is 10.1. The monoisotopic (exact) mass is 333 g/mol. The predicted octanol–water partition coefficient (Wildman–Crippen LogP) is 4.65. The van der Waals surface area contributed by atoms with Crippen LogP contribution in [0.5, 0.6) is 0 Å². The molecule has 0 spiro atoms. The van der Waals surface area contributed by atoms with E-state index in [1.54, 1.807) is 0 Å². The fourth-order valence-electron chi connectivity index (χ4n) is 2.09. The average Bonchev–Trinajstić information content (AvgIpc) is 2.58. The van der Waals surface area contributed by atoms with Crippen LogP contribution in [0.1, 0.15) is 55.5 Å². The van der Waals surface area contributed by atoms with Crippen LogP contribution in [0.2, 0.25) is 0 Å². The Hall–Kier alpha value is -0.0900. The van der Waals surface area contributed by atoms with Gasteiger partial charge in [0.15, 0.2) is 0 Å². The molecule has 0 aliphatic carbocycles. The first-order valence-corrected chi connectivity index (χ1v) is 8.83. The van der Waals surface area contributed by atoms with Crippen molar-refractivity contribution in [2.45, 2.75) is 65.3 Å². The smallest absolute Gasteiger partial charge is 0.303 e. The summed E-state index contributed by atoms with van der Waals surface area (Å²) in [6.45, 7) is 4.98. The molecular formula is C14H24BrNOS. The molecule has 0 aromatic carbocycles. The minimum atomic E-state index is 0.210. The van der Waals surface area contributed by atoms with E-state index in [4.69, 9.17) is 0 Å². The fraction of sp³-hybridized carbons (Fsp3) is 0.786. The minimum Gasteiger partial charge on any atom is -0.303 e. The maximum Gasteiger partial charge on any atom is 0.307 e. The number of hydrogen-bond acceptors (Lipinski definition) is 2. The fourth-order valence-corrected chi connectivity index (χ4v) is 3.35. The Kier molecular flexibility index (Phi) is 7.91. The number of nitrogens with zero attached hydrogens (tertiary/aromatic N) is 1. The van der Waals surface area contributed by atoms with E-state index in [1.807, 2.05) is 18.4 Å². The van der Waals surface area contributed by atoms with Gasteiger partial charge in [0.2, 0.25) is 0 Å². The van der Waals surface area contributed by atoms with Crippen LogP contribution >= 0.6 is 27.3 Å². The highest BCUT2D eigenvalue weighted by Crippen LogP contribution is 2.12. The molecule has 1 aromatic rings. The third kappa shape index (κ3) is 5.27. The highest BCUT2D eigenvalue weighted by Gasteiger charge is 2.06. The van der Waals surface area contributed by atoms with Crippen molar-refractivity contribution in [1.82, 2.24) is 4.57 Å². The molecule has 0 atom stereocenters. The Morgan fingerprint density at radius 1 is 1.00 bits per heavy atom. The number of aromatic nitrogens is 1. The van der Waals surface area contributed by atoms with Crippen LogP contribution in [0.25, 0.3) is 0 Å². The Balaban J connectivity index is 2.13. The third-order valence-corrected chi connectivity index (χ3v) is 4.95.